The highest BCUT2D eigenvalue weighted by Crippen LogP contribution is 2.63. The molecule has 0 bridgehead atoms. The number of piperidine rings is 1. The number of ketones is 1. The van der Waals surface area contributed by atoms with Gasteiger partial charge in [-0.25, -0.2) is 15.0 Å². The third-order valence-corrected chi connectivity index (χ3v) is 8.90. The maximum Gasteiger partial charge on any atom is 0.248 e. The zero-order valence-corrected chi connectivity index (χ0v) is 26.3. The lowest BCUT2D eigenvalue weighted by molar-refractivity contribution is -0.138. The molecule has 3 atom stereocenters. The Kier molecular flexibility index (Phi) is 7.35. The number of fused-ring (bicyclic) bond motifs is 2. The summed E-state index contributed by atoms with van der Waals surface area (Å²) >= 11 is 3.37. The Morgan fingerprint density at radius 2 is 1.84 bits per heavy atom. The van der Waals surface area contributed by atoms with E-state index in [2.05, 4.69) is 60.1 Å². The van der Waals surface area contributed by atoms with Crippen LogP contribution in [0.25, 0.3) is 22.2 Å². The SMILES string of the molecule is CC(=O)c1nn(CC(=O)N2[C@@H](C(=O)Nc3nc(Br)ccc3C)C[C@@]3(CC(C)C)C[C@@H]23)c2cnc(-c3cnc(C)nc3)cc12. The second-order valence-corrected chi connectivity index (χ2v) is 13.0. The Morgan fingerprint density at radius 1 is 1.09 bits per heavy atom. The molecule has 4 aromatic heterocycles. The summed E-state index contributed by atoms with van der Waals surface area (Å²) in [6.45, 7) is 9.35. The van der Waals surface area contributed by atoms with E-state index in [1.165, 1.54) is 11.6 Å². The molecule has 2 amide bonds. The van der Waals surface area contributed by atoms with Crippen LogP contribution in [-0.4, -0.2) is 64.3 Å². The Hall–Kier alpha value is -4.06. The minimum atomic E-state index is -0.634. The normalized spacial score (nSPS) is 20.9. The average molecular weight is 646 g/mol. The molecule has 11 nitrogen and oxygen atoms in total. The number of halogens is 1. The number of anilines is 1. The average Bonchev–Trinajstić information content (AvgIpc) is 3.35. The molecule has 0 aromatic carbocycles. The Labute approximate surface area is 257 Å². The maximum atomic E-state index is 14.1. The van der Waals surface area contributed by atoms with Crippen molar-refractivity contribution in [3.8, 4) is 11.3 Å². The summed E-state index contributed by atoms with van der Waals surface area (Å²) in [5, 5.41) is 8.11. The van der Waals surface area contributed by atoms with E-state index in [4.69, 9.17) is 0 Å². The Bertz CT molecular complexity index is 1770. The van der Waals surface area contributed by atoms with Crippen molar-refractivity contribution in [2.45, 2.75) is 72.5 Å². The highest BCUT2D eigenvalue weighted by atomic mass is 79.9. The van der Waals surface area contributed by atoms with E-state index in [1.54, 1.807) is 36.5 Å². The van der Waals surface area contributed by atoms with Crippen molar-refractivity contribution >= 4 is 50.2 Å². The third kappa shape index (κ3) is 5.44. The standard InChI is InChI=1S/C31H33BrN8O3/c1-16(2)9-31-10-23(30(43)37-29-17(3)6-7-26(32)36-29)40(25(31)11-31)27(42)15-39-24-14-35-22(20-12-33-19(5)34-13-20)8-21(24)28(38-39)18(4)41/h6-8,12-14,16,23,25H,9-11,15H2,1-5H3,(H,36,37,43)/t23-,25-,31+/m1/s1. The molecule has 43 heavy (non-hydrogen) atoms. The summed E-state index contributed by atoms with van der Waals surface area (Å²) in [4.78, 5) is 59.6. The molecule has 1 aliphatic heterocycles. The van der Waals surface area contributed by atoms with Crippen LogP contribution < -0.4 is 5.32 Å². The fourth-order valence-corrected chi connectivity index (χ4v) is 6.81. The molecule has 0 radical (unpaired) electrons. The molecule has 5 heterocycles. The van der Waals surface area contributed by atoms with E-state index in [0.29, 0.717) is 50.7 Å². The molecule has 0 spiro atoms. The van der Waals surface area contributed by atoms with Gasteiger partial charge in [0.05, 0.1) is 17.4 Å². The van der Waals surface area contributed by atoms with Gasteiger partial charge >= 0.3 is 0 Å². The fourth-order valence-electron chi connectivity index (χ4n) is 6.50. The van der Waals surface area contributed by atoms with Gasteiger partial charge in [0.2, 0.25) is 11.8 Å². The topological polar surface area (TPSA) is 136 Å². The van der Waals surface area contributed by atoms with Gasteiger partial charge in [0.1, 0.15) is 34.5 Å². The summed E-state index contributed by atoms with van der Waals surface area (Å²) < 4.78 is 2.14. The van der Waals surface area contributed by atoms with Gasteiger partial charge in [-0.3, -0.25) is 24.0 Å². The van der Waals surface area contributed by atoms with E-state index in [0.717, 1.165) is 18.4 Å². The van der Waals surface area contributed by atoms with E-state index in [-0.39, 0.29) is 41.3 Å². The quantitative estimate of drug-likeness (QED) is 0.211. The first-order chi connectivity index (χ1) is 20.5. The Balaban J connectivity index is 1.31. The number of amides is 2. The summed E-state index contributed by atoms with van der Waals surface area (Å²) in [5.41, 5.74) is 2.89. The second kappa shape index (κ2) is 10.9. The number of hydrogen-bond donors (Lipinski definition) is 1. The van der Waals surface area contributed by atoms with Gasteiger partial charge < -0.3 is 10.2 Å². The fraction of sp³-hybridized carbons (Fsp3) is 0.419. The molecule has 222 valence electrons. The molecular weight excluding hydrogens is 612 g/mol. The summed E-state index contributed by atoms with van der Waals surface area (Å²) in [7, 11) is 0. The summed E-state index contributed by atoms with van der Waals surface area (Å²) in [6.07, 6.45) is 7.39. The predicted octanol–water partition coefficient (Wildman–Crippen LogP) is 4.91. The lowest BCUT2D eigenvalue weighted by atomic mass is 9.89. The van der Waals surface area contributed by atoms with Crippen LogP contribution in [0.1, 0.15) is 61.9 Å². The largest absolute Gasteiger partial charge is 0.325 e. The highest BCUT2D eigenvalue weighted by molar-refractivity contribution is 9.10. The van der Waals surface area contributed by atoms with E-state index < -0.39 is 6.04 Å². The van der Waals surface area contributed by atoms with E-state index >= 15 is 0 Å². The van der Waals surface area contributed by atoms with Crippen LogP contribution in [0.4, 0.5) is 5.82 Å². The molecule has 2 aliphatic rings. The monoisotopic (exact) mass is 644 g/mol. The van der Waals surface area contributed by atoms with Crippen molar-refractivity contribution in [1.82, 2.24) is 34.6 Å². The van der Waals surface area contributed by atoms with Crippen molar-refractivity contribution in [1.29, 1.82) is 0 Å². The zero-order valence-electron chi connectivity index (χ0n) is 24.8. The number of nitrogens with one attached hydrogen (secondary N) is 1. The van der Waals surface area contributed by atoms with Gasteiger partial charge in [-0.2, -0.15) is 5.10 Å². The molecule has 2 fully saturated rings. The van der Waals surface area contributed by atoms with Crippen LogP contribution in [0.3, 0.4) is 0 Å². The predicted molar refractivity (Wildman–Crippen MR) is 164 cm³/mol. The van der Waals surface area contributed by atoms with Gasteiger partial charge in [-0.15, -0.1) is 0 Å². The number of likely N-dealkylation sites (tertiary alicyclic amines) is 1. The molecule has 1 N–H and O–H groups in total. The lowest BCUT2D eigenvalue weighted by Gasteiger charge is -2.27. The van der Waals surface area contributed by atoms with Crippen LogP contribution in [0.5, 0.6) is 0 Å². The first kappa shape index (κ1) is 29.0. The molecule has 1 saturated carbocycles. The van der Waals surface area contributed by atoms with Crippen molar-refractivity contribution in [2.75, 3.05) is 5.32 Å². The smallest absolute Gasteiger partial charge is 0.248 e. The summed E-state index contributed by atoms with van der Waals surface area (Å²) in [6, 6.07) is 4.82. The van der Waals surface area contributed by atoms with Gasteiger partial charge in [0, 0.05) is 36.3 Å². The maximum absolute atomic E-state index is 14.1. The number of nitrogens with zero attached hydrogens (tertiary/aromatic N) is 7. The lowest BCUT2D eigenvalue weighted by Crippen LogP contribution is -2.47. The van der Waals surface area contributed by atoms with Crippen LogP contribution in [0.15, 0.2) is 41.4 Å². The number of rotatable bonds is 8. The number of pyridine rings is 2. The zero-order chi connectivity index (χ0) is 30.6. The number of carbonyl (C=O) groups excluding carboxylic acids is 3. The molecule has 1 aliphatic carbocycles. The first-order valence-electron chi connectivity index (χ1n) is 14.4. The van der Waals surface area contributed by atoms with Gasteiger partial charge in [0.25, 0.3) is 0 Å². The third-order valence-electron chi connectivity index (χ3n) is 8.46. The molecular formula is C31H33BrN8O3. The van der Waals surface area contributed by atoms with E-state index in [9.17, 15) is 14.4 Å². The van der Waals surface area contributed by atoms with Gasteiger partial charge in [0.15, 0.2) is 5.78 Å². The van der Waals surface area contributed by atoms with Crippen LogP contribution in [-0.2, 0) is 16.1 Å². The number of hydrogen-bond acceptors (Lipinski definition) is 8. The molecule has 1 saturated heterocycles. The number of Topliss-reactive ketones (excluding diaryl/α,β-unsaturated/α-hetero) is 1. The van der Waals surface area contributed by atoms with Crippen molar-refractivity contribution in [2.24, 2.45) is 11.3 Å². The van der Waals surface area contributed by atoms with Crippen molar-refractivity contribution < 1.29 is 14.4 Å². The van der Waals surface area contributed by atoms with Crippen molar-refractivity contribution in [3.63, 3.8) is 0 Å². The van der Waals surface area contributed by atoms with Crippen molar-refractivity contribution in [3.05, 3.63) is 58.5 Å². The van der Waals surface area contributed by atoms with Crippen LogP contribution in [0.2, 0.25) is 0 Å². The second-order valence-electron chi connectivity index (χ2n) is 12.2. The summed E-state index contributed by atoms with van der Waals surface area (Å²) in [5.74, 6) is 0.856. The Morgan fingerprint density at radius 3 is 2.53 bits per heavy atom. The molecule has 0 unspecified atom stereocenters. The first-order valence-corrected chi connectivity index (χ1v) is 15.2. The van der Waals surface area contributed by atoms with Gasteiger partial charge in [-0.1, -0.05) is 19.9 Å². The minimum absolute atomic E-state index is 0.0184. The highest BCUT2D eigenvalue weighted by Gasteiger charge is 2.66. The number of carbonyl (C=O) groups is 3. The molecule has 12 heteroatoms. The van der Waals surface area contributed by atoms with Gasteiger partial charge in [-0.05, 0) is 78.1 Å². The number of aromatic nitrogens is 6. The number of aryl methyl sites for hydroxylation is 2. The van der Waals surface area contributed by atoms with E-state index in [1.807, 2.05) is 19.1 Å². The minimum Gasteiger partial charge on any atom is -0.325 e. The van der Waals surface area contributed by atoms with Crippen LogP contribution in [0, 0.1) is 25.2 Å². The van der Waals surface area contributed by atoms with Crippen LogP contribution >= 0.6 is 15.9 Å². The molecule has 4 aromatic rings. The molecule has 6 rings (SSSR count).